The Balaban J connectivity index is 2.13. The summed E-state index contributed by atoms with van der Waals surface area (Å²) in [6, 6.07) is 8.17. The Kier molecular flexibility index (Phi) is 9.21. The smallest absolute Gasteiger partial charge is 0.437 e. The van der Waals surface area contributed by atoms with E-state index in [0.29, 0.717) is 12.8 Å². The molecule has 0 spiro atoms. The number of carbonyl (C=O) groups excluding carboxylic acids is 4. The monoisotopic (exact) mass is 490 g/mol. The molecule has 0 aromatic heterocycles. The van der Waals surface area contributed by atoms with Crippen LogP contribution in [0.5, 0.6) is 0 Å². The van der Waals surface area contributed by atoms with Crippen LogP contribution in [0.25, 0.3) is 0 Å². The van der Waals surface area contributed by atoms with E-state index in [-0.39, 0.29) is 19.1 Å². The summed E-state index contributed by atoms with van der Waals surface area (Å²) < 4.78 is 15.6. The van der Waals surface area contributed by atoms with Crippen LogP contribution in [0.3, 0.4) is 0 Å². The van der Waals surface area contributed by atoms with Crippen LogP contribution in [-0.2, 0) is 25.6 Å². The highest BCUT2D eigenvalue weighted by atomic mass is 16.6. The number of rotatable bonds is 3. The molecule has 1 saturated heterocycles. The number of benzene rings is 1. The molecular formula is C24H34N4O7. The maximum Gasteiger partial charge on any atom is 0.437 e. The van der Waals surface area contributed by atoms with Crippen molar-refractivity contribution in [3.8, 4) is 0 Å². The van der Waals surface area contributed by atoms with Crippen LogP contribution in [0.1, 0.15) is 59.9 Å². The Bertz CT molecular complexity index is 949. The van der Waals surface area contributed by atoms with E-state index < -0.39 is 41.4 Å². The van der Waals surface area contributed by atoms with Gasteiger partial charge in [-0.2, -0.15) is 0 Å². The predicted molar refractivity (Wildman–Crippen MR) is 128 cm³/mol. The van der Waals surface area contributed by atoms with Crippen molar-refractivity contribution >= 4 is 30.1 Å². The van der Waals surface area contributed by atoms with E-state index in [1.807, 2.05) is 30.3 Å². The summed E-state index contributed by atoms with van der Waals surface area (Å²) in [5.41, 5.74) is -0.858. The number of amides is 4. The topological polar surface area (TPSA) is 136 Å². The Labute approximate surface area is 205 Å². The second-order valence-electron chi connectivity index (χ2n) is 9.93. The summed E-state index contributed by atoms with van der Waals surface area (Å²) in [4.78, 5) is 55.0. The number of likely N-dealkylation sites (tertiary alicyclic amines) is 1. The second-order valence-corrected chi connectivity index (χ2v) is 9.93. The number of ether oxygens (including phenoxy) is 3. The van der Waals surface area contributed by atoms with Crippen molar-refractivity contribution in [3.63, 3.8) is 0 Å². The minimum absolute atomic E-state index is 0.0445. The van der Waals surface area contributed by atoms with Gasteiger partial charge in [-0.1, -0.05) is 30.3 Å². The van der Waals surface area contributed by atoms with Crippen molar-refractivity contribution in [2.75, 3.05) is 6.54 Å². The molecule has 0 saturated carbocycles. The largest absolute Gasteiger partial charge is 0.445 e. The summed E-state index contributed by atoms with van der Waals surface area (Å²) in [6.45, 7) is 10.2. The van der Waals surface area contributed by atoms with Gasteiger partial charge >= 0.3 is 18.3 Å². The lowest BCUT2D eigenvalue weighted by Gasteiger charge is -2.33. The highest BCUT2D eigenvalue weighted by Crippen LogP contribution is 2.15. The molecule has 11 nitrogen and oxygen atoms in total. The number of aliphatic imine (C=N–C) groups is 1. The first kappa shape index (κ1) is 27.6. The molecule has 0 aliphatic carbocycles. The summed E-state index contributed by atoms with van der Waals surface area (Å²) in [7, 11) is 0. The lowest BCUT2D eigenvalue weighted by atomic mass is 10.1. The number of carbonyl (C=O) groups is 4. The van der Waals surface area contributed by atoms with Gasteiger partial charge in [-0.3, -0.25) is 15.0 Å². The molecule has 4 amide bonds. The number of piperidine rings is 1. The van der Waals surface area contributed by atoms with Gasteiger partial charge < -0.3 is 19.5 Å². The normalized spacial score (nSPS) is 16.9. The lowest BCUT2D eigenvalue weighted by Crippen LogP contribution is -2.58. The number of nitrogens with zero attached hydrogens (tertiary/aromatic N) is 2. The molecule has 0 bridgehead atoms. The highest BCUT2D eigenvalue weighted by Gasteiger charge is 2.35. The van der Waals surface area contributed by atoms with Crippen LogP contribution in [0, 0.1) is 0 Å². The molecular weight excluding hydrogens is 456 g/mol. The fraction of sp³-hybridized carbons (Fsp3) is 0.542. The number of alkyl carbamates (subject to hydrolysis) is 2. The van der Waals surface area contributed by atoms with Gasteiger partial charge in [0.1, 0.15) is 23.9 Å². The number of hydrogen-bond donors (Lipinski definition) is 2. The molecule has 1 aromatic carbocycles. The van der Waals surface area contributed by atoms with E-state index in [2.05, 4.69) is 15.6 Å². The first-order chi connectivity index (χ1) is 16.2. The van der Waals surface area contributed by atoms with E-state index in [9.17, 15) is 19.2 Å². The van der Waals surface area contributed by atoms with Crippen LogP contribution < -0.4 is 10.6 Å². The van der Waals surface area contributed by atoms with Crippen LogP contribution in [0.15, 0.2) is 35.3 Å². The molecule has 2 N–H and O–H groups in total. The van der Waals surface area contributed by atoms with Gasteiger partial charge in [-0.15, -0.1) is 4.99 Å². The third-order valence-corrected chi connectivity index (χ3v) is 4.40. The zero-order valence-electron chi connectivity index (χ0n) is 21.0. The highest BCUT2D eigenvalue weighted by molar-refractivity contribution is 6.08. The van der Waals surface area contributed by atoms with Crippen molar-refractivity contribution in [1.82, 2.24) is 15.5 Å². The third kappa shape index (κ3) is 10.0. The predicted octanol–water partition coefficient (Wildman–Crippen LogP) is 3.72. The van der Waals surface area contributed by atoms with E-state index in [1.54, 1.807) is 41.5 Å². The van der Waals surface area contributed by atoms with Gasteiger partial charge in [0.15, 0.2) is 0 Å². The molecule has 1 aliphatic heterocycles. The van der Waals surface area contributed by atoms with Crippen molar-refractivity contribution < 1.29 is 33.4 Å². The standard InChI is InChI=1S/C24H34N4O7/c1-23(2,3)34-21(31)26-19(27-22(32)35-24(4,5)6)28-14-10-13-17(18(28)29)25-20(30)33-15-16-11-8-7-9-12-16/h7-9,11-12,17H,10,13-15H2,1-6H3,(H,25,30)(H,26,27,31,32). The fourth-order valence-corrected chi connectivity index (χ4v) is 3.05. The molecule has 1 aromatic rings. The van der Waals surface area contributed by atoms with Crippen molar-refractivity contribution in [3.05, 3.63) is 35.9 Å². The Morgan fingerprint density at radius 2 is 1.63 bits per heavy atom. The van der Waals surface area contributed by atoms with Gasteiger partial charge in [0.05, 0.1) is 0 Å². The molecule has 1 atom stereocenters. The zero-order valence-corrected chi connectivity index (χ0v) is 21.0. The van der Waals surface area contributed by atoms with E-state index in [0.717, 1.165) is 10.5 Å². The van der Waals surface area contributed by atoms with Crippen LogP contribution in [0.4, 0.5) is 14.4 Å². The van der Waals surface area contributed by atoms with Gasteiger partial charge in [0.2, 0.25) is 5.96 Å². The van der Waals surface area contributed by atoms with Crippen molar-refractivity contribution in [1.29, 1.82) is 0 Å². The SMILES string of the molecule is CC(C)(C)OC(=O)/N=C(\NC(=O)OC(C)(C)C)N1CCCC(NC(=O)OCc2ccccc2)C1=O. The Hall–Kier alpha value is -3.63. The molecule has 0 radical (unpaired) electrons. The Morgan fingerprint density at radius 1 is 1.00 bits per heavy atom. The molecule has 1 heterocycles. The van der Waals surface area contributed by atoms with Gasteiger partial charge in [-0.25, -0.2) is 14.4 Å². The molecule has 192 valence electrons. The van der Waals surface area contributed by atoms with Gasteiger partial charge in [-0.05, 0) is 59.9 Å². The molecule has 11 heteroatoms. The first-order valence-electron chi connectivity index (χ1n) is 11.3. The summed E-state index contributed by atoms with van der Waals surface area (Å²) >= 11 is 0. The van der Waals surface area contributed by atoms with Gasteiger partial charge in [0, 0.05) is 6.54 Å². The third-order valence-electron chi connectivity index (χ3n) is 4.40. The molecule has 1 fully saturated rings. The first-order valence-corrected chi connectivity index (χ1v) is 11.3. The van der Waals surface area contributed by atoms with E-state index in [4.69, 9.17) is 14.2 Å². The lowest BCUT2D eigenvalue weighted by molar-refractivity contribution is -0.131. The second kappa shape index (κ2) is 11.7. The molecule has 1 unspecified atom stereocenters. The minimum atomic E-state index is -0.992. The zero-order chi connectivity index (χ0) is 26.2. The van der Waals surface area contributed by atoms with Crippen molar-refractivity contribution in [2.24, 2.45) is 4.99 Å². The number of hydrogen-bond acceptors (Lipinski definition) is 7. The number of nitrogens with one attached hydrogen (secondary N) is 2. The Morgan fingerprint density at radius 3 is 2.23 bits per heavy atom. The average Bonchev–Trinajstić information content (AvgIpc) is 2.71. The molecule has 1 aliphatic rings. The maximum atomic E-state index is 13.1. The van der Waals surface area contributed by atoms with Crippen LogP contribution in [-0.4, -0.2) is 58.8 Å². The quantitative estimate of drug-likeness (QED) is 0.374. The van der Waals surface area contributed by atoms with E-state index >= 15 is 0 Å². The maximum absolute atomic E-state index is 13.1. The molecule has 2 rings (SSSR count). The minimum Gasteiger partial charge on any atom is -0.445 e. The summed E-state index contributed by atoms with van der Waals surface area (Å²) in [5.74, 6) is -0.908. The van der Waals surface area contributed by atoms with E-state index in [1.165, 1.54) is 0 Å². The molecule has 35 heavy (non-hydrogen) atoms. The number of guanidine groups is 1. The average molecular weight is 491 g/mol. The van der Waals surface area contributed by atoms with Crippen LogP contribution in [0.2, 0.25) is 0 Å². The summed E-state index contributed by atoms with van der Waals surface area (Å²) in [6.07, 6.45) is -1.83. The van der Waals surface area contributed by atoms with Gasteiger partial charge in [0.25, 0.3) is 5.91 Å². The van der Waals surface area contributed by atoms with Crippen molar-refractivity contribution in [2.45, 2.75) is 78.2 Å². The fourth-order valence-electron chi connectivity index (χ4n) is 3.05. The van der Waals surface area contributed by atoms with Crippen LogP contribution >= 0.6 is 0 Å². The summed E-state index contributed by atoms with van der Waals surface area (Å²) in [5, 5.41) is 4.90.